The van der Waals surface area contributed by atoms with Crippen molar-refractivity contribution >= 4 is 27.3 Å². The molecule has 0 amide bonds. The van der Waals surface area contributed by atoms with Crippen LogP contribution in [-0.4, -0.2) is 61.6 Å². The van der Waals surface area contributed by atoms with Gasteiger partial charge < -0.3 is 5.11 Å². The molecule has 1 fully saturated rings. The SMILES string of the molecule is Cc1sc(C(=O)O)cc1CN1CCCC(CN(C)S(C)(=O)=O)C1. The molecule has 1 unspecified atom stereocenters. The van der Waals surface area contributed by atoms with Gasteiger partial charge in [-0.15, -0.1) is 11.3 Å². The molecule has 8 heteroatoms. The molecule has 2 rings (SSSR count). The Bertz CT molecular complexity index is 669. The summed E-state index contributed by atoms with van der Waals surface area (Å²) in [7, 11) is -1.52. The zero-order chi connectivity index (χ0) is 17.2. The van der Waals surface area contributed by atoms with Gasteiger partial charge in [-0.1, -0.05) is 0 Å². The number of aromatic carboxylic acids is 1. The van der Waals surface area contributed by atoms with E-state index in [9.17, 15) is 13.2 Å². The molecule has 1 aliphatic heterocycles. The lowest BCUT2D eigenvalue weighted by atomic mass is 9.97. The van der Waals surface area contributed by atoms with Gasteiger partial charge >= 0.3 is 5.97 Å². The number of hydrogen-bond donors (Lipinski definition) is 1. The molecule has 2 heterocycles. The van der Waals surface area contributed by atoms with Crippen molar-refractivity contribution in [2.24, 2.45) is 5.92 Å². The van der Waals surface area contributed by atoms with Crippen molar-refractivity contribution in [1.82, 2.24) is 9.21 Å². The maximum Gasteiger partial charge on any atom is 0.345 e. The molecule has 130 valence electrons. The molecule has 0 aromatic carbocycles. The van der Waals surface area contributed by atoms with E-state index in [1.807, 2.05) is 6.92 Å². The predicted molar refractivity (Wildman–Crippen MR) is 91.5 cm³/mol. The maximum atomic E-state index is 11.5. The van der Waals surface area contributed by atoms with Crippen LogP contribution in [0.3, 0.4) is 0 Å². The first-order valence-corrected chi connectivity index (χ1v) is 10.3. The van der Waals surface area contributed by atoms with Gasteiger partial charge in [0.1, 0.15) is 4.88 Å². The molecule has 1 aromatic heterocycles. The lowest BCUT2D eigenvalue weighted by Crippen LogP contribution is -2.41. The van der Waals surface area contributed by atoms with Gasteiger partial charge in [-0.3, -0.25) is 4.90 Å². The van der Waals surface area contributed by atoms with Gasteiger partial charge in [0.25, 0.3) is 0 Å². The molecular weight excluding hydrogens is 336 g/mol. The maximum absolute atomic E-state index is 11.5. The number of piperidine rings is 1. The molecule has 0 bridgehead atoms. The zero-order valence-electron chi connectivity index (χ0n) is 13.8. The number of nitrogens with zero attached hydrogens (tertiary/aromatic N) is 2. The second-order valence-electron chi connectivity index (χ2n) is 6.28. The second-order valence-corrected chi connectivity index (χ2v) is 9.63. The fourth-order valence-electron chi connectivity index (χ4n) is 2.97. The number of hydrogen-bond acceptors (Lipinski definition) is 5. The van der Waals surface area contributed by atoms with E-state index in [0.717, 1.165) is 42.9 Å². The van der Waals surface area contributed by atoms with Gasteiger partial charge in [0.15, 0.2) is 0 Å². The third kappa shape index (κ3) is 5.00. The third-order valence-corrected chi connectivity index (χ3v) is 6.67. The Morgan fingerprint density at radius 2 is 2.22 bits per heavy atom. The van der Waals surface area contributed by atoms with Crippen molar-refractivity contribution in [3.05, 3.63) is 21.4 Å². The van der Waals surface area contributed by atoms with Crippen molar-refractivity contribution in [2.75, 3.05) is 32.9 Å². The summed E-state index contributed by atoms with van der Waals surface area (Å²) < 4.78 is 24.5. The molecular formula is C15H24N2O4S2. The topological polar surface area (TPSA) is 77.9 Å². The van der Waals surface area contributed by atoms with E-state index >= 15 is 0 Å². The quantitative estimate of drug-likeness (QED) is 0.838. The summed E-state index contributed by atoms with van der Waals surface area (Å²) in [6.45, 7) is 5.03. The molecule has 0 spiro atoms. The first-order valence-electron chi connectivity index (χ1n) is 7.63. The van der Waals surface area contributed by atoms with Gasteiger partial charge in [0.2, 0.25) is 10.0 Å². The van der Waals surface area contributed by atoms with Crippen molar-refractivity contribution in [3.63, 3.8) is 0 Å². The van der Waals surface area contributed by atoms with Crippen LogP contribution in [0.1, 0.15) is 33.0 Å². The Morgan fingerprint density at radius 3 is 2.78 bits per heavy atom. The van der Waals surface area contributed by atoms with Gasteiger partial charge in [-0.25, -0.2) is 17.5 Å². The van der Waals surface area contributed by atoms with Gasteiger partial charge in [0, 0.05) is 31.6 Å². The van der Waals surface area contributed by atoms with E-state index in [1.54, 1.807) is 13.1 Å². The molecule has 1 aliphatic rings. The lowest BCUT2D eigenvalue weighted by Gasteiger charge is -2.34. The molecule has 1 saturated heterocycles. The highest BCUT2D eigenvalue weighted by Gasteiger charge is 2.24. The van der Waals surface area contributed by atoms with Crippen LogP contribution in [0.5, 0.6) is 0 Å². The minimum atomic E-state index is -3.14. The molecule has 0 aliphatic carbocycles. The van der Waals surface area contributed by atoms with E-state index in [1.165, 1.54) is 21.9 Å². The standard InChI is InChI=1S/C15H24N2O4S2/c1-11-13(7-14(22-11)15(18)19)10-17-6-4-5-12(9-17)8-16(2)23(3,20)21/h7,12H,4-6,8-10H2,1-3H3,(H,18,19). The number of carboxylic acid groups (broad SMARTS) is 1. The summed E-state index contributed by atoms with van der Waals surface area (Å²) in [6.07, 6.45) is 3.30. The number of sulfonamides is 1. The van der Waals surface area contributed by atoms with Gasteiger partial charge in [-0.2, -0.15) is 0 Å². The largest absolute Gasteiger partial charge is 0.477 e. The van der Waals surface area contributed by atoms with E-state index in [-0.39, 0.29) is 0 Å². The van der Waals surface area contributed by atoms with Crippen LogP contribution in [0, 0.1) is 12.8 Å². The van der Waals surface area contributed by atoms with Crippen molar-refractivity contribution < 1.29 is 18.3 Å². The fraction of sp³-hybridized carbons (Fsp3) is 0.667. The first-order chi connectivity index (χ1) is 10.7. The van der Waals surface area contributed by atoms with Gasteiger partial charge in [0.05, 0.1) is 6.26 Å². The van der Waals surface area contributed by atoms with Crippen LogP contribution in [-0.2, 0) is 16.6 Å². The second kappa shape index (κ2) is 7.29. The monoisotopic (exact) mass is 360 g/mol. The van der Waals surface area contributed by atoms with Crippen LogP contribution < -0.4 is 0 Å². The highest BCUT2D eigenvalue weighted by molar-refractivity contribution is 7.88. The van der Waals surface area contributed by atoms with Gasteiger partial charge in [-0.05, 0) is 43.9 Å². The first kappa shape index (κ1) is 18.4. The van der Waals surface area contributed by atoms with Crippen LogP contribution in [0.2, 0.25) is 0 Å². The molecule has 0 radical (unpaired) electrons. The minimum absolute atomic E-state index is 0.321. The Labute approximate surface area is 141 Å². The Balaban J connectivity index is 1.98. The molecule has 1 atom stereocenters. The smallest absolute Gasteiger partial charge is 0.345 e. The van der Waals surface area contributed by atoms with Crippen LogP contribution in [0.25, 0.3) is 0 Å². The summed E-state index contributed by atoms with van der Waals surface area (Å²) in [6, 6.07) is 1.76. The van der Waals surface area contributed by atoms with E-state index in [0.29, 0.717) is 17.3 Å². The molecule has 6 nitrogen and oxygen atoms in total. The Morgan fingerprint density at radius 1 is 1.52 bits per heavy atom. The summed E-state index contributed by atoms with van der Waals surface area (Å²) in [5.41, 5.74) is 1.06. The lowest BCUT2D eigenvalue weighted by molar-refractivity contribution is 0.0702. The van der Waals surface area contributed by atoms with Crippen molar-refractivity contribution in [2.45, 2.75) is 26.3 Å². The van der Waals surface area contributed by atoms with Crippen LogP contribution >= 0.6 is 11.3 Å². The summed E-state index contributed by atoms with van der Waals surface area (Å²) >= 11 is 1.31. The highest BCUT2D eigenvalue weighted by Crippen LogP contribution is 2.25. The number of likely N-dealkylation sites (tertiary alicyclic amines) is 1. The Hall–Kier alpha value is -0.960. The van der Waals surface area contributed by atoms with Crippen LogP contribution in [0.15, 0.2) is 6.07 Å². The number of thiophene rings is 1. The van der Waals surface area contributed by atoms with Crippen LogP contribution in [0.4, 0.5) is 0 Å². The Kier molecular flexibility index (Phi) is 5.83. The van der Waals surface area contributed by atoms with Crippen molar-refractivity contribution in [3.8, 4) is 0 Å². The molecule has 23 heavy (non-hydrogen) atoms. The number of carboxylic acids is 1. The number of aryl methyl sites for hydroxylation is 1. The normalized spacial score (nSPS) is 20.1. The summed E-state index contributed by atoms with van der Waals surface area (Å²) in [5, 5.41) is 9.08. The van der Waals surface area contributed by atoms with E-state index in [2.05, 4.69) is 4.90 Å². The average Bonchev–Trinajstić information content (AvgIpc) is 2.80. The molecule has 1 N–H and O–H groups in total. The third-order valence-electron chi connectivity index (χ3n) is 4.31. The molecule has 0 saturated carbocycles. The van der Waals surface area contributed by atoms with E-state index in [4.69, 9.17) is 5.11 Å². The van der Waals surface area contributed by atoms with Crippen molar-refractivity contribution in [1.29, 1.82) is 0 Å². The fourth-order valence-corrected chi connectivity index (χ4v) is 4.32. The average molecular weight is 361 g/mol. The van der Waals surface area contributed by atoms with E-state index < -0.39 is 16.0 Å². The minimum Gasteiger partial charge on any atom is -0.477 e. The number of rotatable bonds is 6. The summed E-state index contributed by atoms with van der Waals surface area (Å²) in [4.78, 5) is 14.8. The predicted octanol–water partition coefficient (Wildman–Crippen LogP) is 1.86. The zero-order valence-corrected chi connectivity index (χ0v) is 15.4. The highest BCUT2D eigenvalue weighted by atomic mass is 32.2. The molecule has 1 aromatic rings. The summed E-state index contributed by atoms with van der Waals surface area (Å²) in [5.74, 6) is -0.558. The number of carbonyl (C=O) groups is 1.